The van der Waals surface area contributed by atoms with Gasteiger partial charge in [-0.2, -0.15) is 0 Å². The Morgan fingerprint density at radius 3 is 2.46 bits per heavy atom. The third-order valence-corrected chi connectivity index (χ3v) is 10.6. The maximum atomic E-state index is 14.3. The molecule has 5 aliphatic rings. The highest BCUT2D eigenvalue weighted by Gasteiger charge is 2.89. The van der Waals surface area contributed by atoms with Gasteiger partial charge in [0.1, 0.15) is 11.7 Å². The molecule has 0 amide bonds. The van der Waals surface area contributed by atoms with E-state index >= 15 is 0 Å². The molecule has 1 aromatic heterocycles. The molecule has 2 unspecified atom stereocenters. The van der Waals surface area contributed by atoms with Crippen LogP contribution in [0.5, 0.6) is 0 Å². The van der Waals surface area contributed by atoms with Crippen molar-refractivity contribution in [2.24, 2.45) is 33.5 Å². The number of carbonyl (C=O) groups is 4. The molecule has 1 aliphatic heterocycles. The zero-order valence-electron chi connectivity index (χ0n) is 21.0. The topological polar surface area (TPSA) is 103 Å². The van der Waals surface area contributed by atoms with Gasteiger partial charge in [-0.25, -0.2) is 0 Å². The highest BCUT2D eigenvalue weighted by atomic mass is 16.6. The van der Waals surface area contributed by atoms with E-state index in [2.05, 4.69) is 6.92 Å². The van der Waals surface area contributed by atoms with Crippen molar-refractivity contribution >= 4 is 23.3 Å². The molecule has 0 bridgehead atoms. The summed E-state index contributed by atoms with van der Waals surface area (Å²) in [6.45, 7) is 10.8. The molecule has 1 saturated heterocycles. The number of allylic oxidation sites excluding steroid dienone is 2. The van der Waals surface area contributed by atoms with Crippen LogP contribution < -0.4 is 0 Å². The van der Waals surface area contributed by atoms with E-state index in [-0.39, 0.29) is 17.8 Å². The van der Waals surface area contributed by atoms with Crippen molar-refractivity contribution in [3.63, 3.8) is 0 Å². The van der Waals surface area contributed by atoms with E-state index in [4.69, 9.17) is 13.9 Å². The summed E-state index contributed by atoms with van der Waals surface area (Å²) in [5.74, 6) is -2.94. The Morgan fingerprint density at radius 1 is 1.11 bits per heavy atom. The molecule has 1 spiro atoms. The lowest BCUT2D eigenvalue weighted by molar-refractivity contribution is -0.218. The zero-order chi connectivity index (χ0) is 25.3. The number of Topliss-reactive ketones (excluding diaryl/α,β-unsaturated/α-hetero) is 2. The van der Waals surface area contributed by atoms with Gasteiger partial charge >= 0.3 is 5.97 Å². The van der Waals surface area contributed by atoms with Crippen molar-refractivity contribution in [3.8, 4) is 0 Å². The Morgan fingerprint density at radius 2 is 1.83 bits per heavy atom. The van der Waals surface area contributed by atoms with E-state index in [1.807, 2.05) is 19.9 Å². The second-order valence-corrected chi connectivity index (χ2v) is 12.5. The van der Waals surface area contributed by atoms with Gasteiger partial charge < -0.3 is 13.9 Å². The van der Waals surface area contributed by atoms with Crippen LogP contribution in [0.25, 0.3) is 0 Å². The lowest BCUT2D eigenvalue weighted by Crippen LogP contribution is -2.74. The molecule has 6 rings (SSSR count). The smallest absolute Gasteiger partial charge is 0.302 e. The van der Waals surface area contributed by atoms with Crippen LogP contribution in [0.1, 0.15) is 65.9 Å². The van der Waals surface area contributed by atoms with Crippen molar-refractivity contribution in [2.75, 3.05) is 0 Å². The van der Waals surface area contributed by atoms with Crippen molar-refractivity contribution in [2.45, 2.75) is 78.1 Å². The van der Waals surface area contributed by atoms with Gasteiger partial charge in [0, 0.05) is 35.0 Å². The lowest BCUT2D eigenvalue weighted by atomic mass is 9.36. The third-order valence-electron chi connectivity index (χ3n) is 10.6. The molecule has 7 heteroatoms. The Kier molecular flexibility index (Phi) is 4.20. The molecule has 186 valence electrons. The minimum atomic E-state index is -1.22. The second-order valence-electron chi connectivity index (χ2n) is 12.5. The number of ketones is 3. The number of fused-ring (bicyclic) bond motifs is 3. The summed E-state index contributed by atoms with van der Waals surface area (Å²) in [6.07, 6.45) is 7.10. The first-order valence-corrected chi connectivity index (χ1v) is 12.5. The molecule has 35 heavy (non-hydrogen) atoms. The van der Waals surface area contributed by atoms with Crippen LogP contribution >= 0.6 is 0 Å². The maximum Gasteiger partial charge on any atom is 0.302 e. The first-order valence-electron chi connectivity index (χ1n) is 12.5. The Bertz CT molecular complexity index is 1210. The SMILES string of the molecule is CC(=O)O[C@@H]1C[C@@]2(C)[C@H](c3ccoc3)C[C@H]3O[C@]32[C@]2(C)C(=O)C(=O)C3C(C)(C)C(=O)C=C[C@]3(C)C12. The Labute approximate surface area is 204 Å². The molecule has 1 aromatic rings. The molecule has 3 saturated carbocycles. The van der Waals surface area contributed by atoms with Gasteiger partial charge in [-0.3, -0.25) is 19.2 Å². The van der Waals surface area contributed by atoms with Gasteiger partial charge in [-0.05, 0) is 43.4 Å². The Hall–Kier alpha value is -2.54. The summed E-state index contributed by atoms with van der Waals surface area (Å²) in [6, 6.07) is 1.94. The summed E-state index contributed by atoms with van der Waals surface area (Å²) in [4.78, 5) is 53.5. The summed E-state index contributed by atoms with van der Waals surface area (Å²) in [7, 11) is 0. The van der Waals surface area contributed by atoms with Crippen LogP contribution in [0.4, 0.5) is 0 Å². The second kappa shape index (κ2) is 6.41. The van der Waals surface area contributed by atoms with E-state index < -0.39 is 62.7 Å². The van der Waals surface area contributed by atoms with Crippen LogP contribution in [0.15, 0.2) is 35.2 Å². The minimum Gasteiger partial charge on any atom is -0.472 e. The van der Waals surface area contributed by atoms with Gasteiger partial charge in [0.05, 0.1) is 24.0 Å². The fourth-order valence-corrected chi connectivity index (χ4v) is 9.52. The largest absolute Gasteiger partial charge is 0.472 e. The number of ether oxygens (including phenoxy) is 2. The van der Waals surface area contributed by atoms with Gasteiger partial charge in [0.25, 0.3) is 0 Å². The molecule has 4 aliphatic carbocycles. The number of carbonyl (C=O) groups excluding carboxylic acids is 4. The van der Waals surface area contributed by atoms with Gasteiger partial charge in [-0.15, -0.1) is 0 Å². The van der Waals surface area contributed by atoms with Gasteiger partial charge in [-0.1, -0.05) is 33.8 Å². The summed E-state index contributed by atoms with van der Waals surface area (Å²) in [5, 5.41) is 0. The van der Waals surface area contributed by atoms with Crippen LogP contribution in [-0.4, -0.2) is 41.1 Å². The normalized spacial score (nSPS) is 49.1. The van der Waals surface area contributed by atoms with Gasteiger partial charge in [0.15, 0.2) is 5.78 Å². The summed E-state index contributed by atoms with van der Waals surface area (Å²) in [5.41, 5.74) is -3.52. The quantitative estimate of drug-likeness (QED) is 0.360. The molecular formula is C28H32O7. The highest BCUT2D eigenvalue weighted by Crippen LogP contribution is 2.81. The van der Waals surface area contributed by atoms with Crippen molar-refractivity contribution in [1.29, 1.82) is 0 Å². The fourth-order valence-electron chi connectivity index (χ4n) is 9.52. The standard InChI is InChI=1S/C28H32O7/c1-14(29)34-17-12-26(5)16(15-8-10-33-13-15)11-19-28(26,35-19)27(6)21(17)25(4)9-7-18(30)24(2,3)22(25)20(31)23(27)32/h7-10,13,16-17,19,21-22H,11-12H2,1-6H3/t16-,17+,19+,21?,22?,25+,26-,27-,28+/m0/s1. The van der Waals surface area contributed by atoms with E-state index in [1.165, 1.54) is 6.92 Å². The third kappa shape index (κ3) is 2.32. The molecule has 4 fully saturated rings. The Balaban J connectivity index is 1.60. The summed E-state index contributed by atoms with van der Waals surface area (Å²) >= 11 is 0. The molecule has 9 atom stereocenters. The highest BCUT2D eigenvalue weighted by molar-refractivity contribution is 6.42. The molecule has 0 aromatic carbocycles. The molecular weight excluding hydrogens is 448 g/mol. The summed E-state index contributed by atoms with van der Waals surface area (Å²) < 4.78 is 17.9. The number of hydrogen-bond acceptors (Lipinski definition) is 7. The first kappa shape index (κ1) is 22.9. The molecule has 0 radical (unpaired) electrons. The van der Waals surface area contributed by atoms with E-state index in [0.29, 0.717) is 12.8 Å². The maximum absolute atomic E-state index is 14.3. The first-order chi connectivity index (χ1) is 16.3. The van der Waals surface area contributed by atoms with Crippen molar-refractivity contribution in [3.05, 3.63) is 36.3 Å². The fraction of sp³-hybridized carbons (Fsp3) is 0.643. The number of esters is 1. The van der Waals surface area contributed by atoms with Crippen LogP contribution in [-0.2, 0) is 28.7 Å². The predicted octanol–water partition coefficient (Wildman–Crippen LogP) is 3.81. The van der Waals surface area contributed by atoms with E-state index in [9.17, 15) is 19.2 Å². The molecule has 7 nitrogen and oxygen atoms in total. The zero-order valence-corrected chi connectivity index (χ0v) is 21.0. The van der Waals surface area contributed by atoms with Crippen LogP contribution in [0, 0.1) is 33.5 Å². The molecule has 2 heterocycles. The minimum absolute atomic E-state index is 0.0316. The number of furan rings is 1. The van der Waals surface area contributed by atoms with Gasteiger partial charge in [0.2, 0.25) is 11.6 Å². The monoisotopic (exact) mass is 480 g/mol. The van der Waals surface area contributed by atoms with Crippen molar-refractivity contribution < 1.29 is 33.1 Å². The number of hydrogen-bond donors (Lipinski definition) is 0. The average molecular weight is 481 g/mol. The van der Waals surface area contributed by atoms with E-state index in [1.54, 1.807) is 38.5 Å². The van der Waals surface area contributed by atoms with E-state index in [0.717, 1.165) is 5.56 Å². The number of epoxide rings is 1. The lowest BCUT2D eigenvalue weighted by Gasteiger charge is -2.65. The van der Waals surface area contributed by atoms with Crippen LogP contribution in [0.2, 0.25) is 0 Å². The molecule has 0 N–H and O–H groups in total. The number of rotatable bonds is 2. The van der Waals surface area contributed by atoms with Crippen molar-refractivity contribution in [1.82, 2.24) is 0 Å². The average Bonchev–Trinajstić information content (AvgIpc) is 3.13. The predicted molar refractivity (Wildman–Crippen MR) is 123 cm³/mol. The van der Waals surface area contributed by atoms with Crippen LogP contribution in [0.3, 0.4) is 0 Å².